The van der Waals surface area contributed by atoms with E-state index in [-0.39, 0.29) is 0 Å². The summed E-state index contributed by atoms with van der Waals surface area (Å²) in [5.41, 5.74) is 2.97. The standard InChI is InChI=1S/C16H19NO2/c1-12(18)15-6-4-5-7-16(15)17(2)13-8-10-14(19-3)11-9-13/h4-12,18H,1-3H3/t12-/m1/s1. The van der Waals surface area contributed by atoms with E-state index in [0.717, 1.165) is 22.7 Å². The van der Waals surface area contributed by atoms with Gasteiger partial charge in [0, 0.05) is 24.0 Å². The van der Waals surface area contributed by atoms with Crippen LogP contribution in [0.3, 0.4) is 0 Å². The van der Waals surface area contributed by atoms with Crippen LogP contribution in [0.2, 0.25) is 0 Å². The van der Waals surface area contributed by atoms with Crippen molar-refractivity contribution in [2.24, 2.45) is 0 Å². The predicted octanol–water partition coefficient (Wildman–Crippen LogP) is 3.52. The highest BCUT2D eigenvalue weighted by Gasteiger charge is 2.12. The first kappa shape index (κ1) is 13.4. The number of methoxy groups -OCH3 is 1. The van der Waals surface area contributed by atoms with E-state index in [4.69, 9.17) is 4.74 Å². The predicted molar refractivity (Wildman–Crippen MR) is 78.1 cm³/mol. The lowest BCUT2D eigenvalue weighted by atomic mass is 10.1. The first-order valence-electron chi connectivity index (χ1n) is 6.28. The molecule has 2 rings (SSSR count). The van der Waals surface area contributed by atoms with Crippen LogP contribution >= 0.6 is 0 Å². The molecule has 0 amide bonds. The van der Waals surface area contributed by atoms with Crippen molar-refractivity contribution in [3.05, 3.63) is 54.1 Å². The largest absolute Gasteiger partial charge is 0.497 e. The third kappa shape index (κ3) is 2.88. The molecule has 0 saturated heterocycles. The molecular weight excluding hydrogens is 238 g/mol. The van der Waals surface area contributed by atoms with Gasteiger partial charge in [0.05, 0.1) is 13.2 Å². The molecule has 2 aromatic rings. The van der Waals surface area contributed by atoms with E-state index in [2.05, 4.69) is 4.90 Å². The average molecular weight is 257 g/mol. The maximum atomic E-state index is 9.84. The Kier molecular flexibility index (Phi) is 4.07. The molecule has 0 fully saturated rings. The summed E-state index contributed by atoms with van der Waals surface area (Å²) >= 11 is 0. The van der Waals surface area contributed by atoms with Crippen molar-refractivity contribution in [3.63, 3.8) is 0 Å². The molecule has 0 unspecified atom stereocenters. The lowest BCUT2D eigenvalue weighted by Gasteiger charge is -2.23. The van der Waals surface area contributed by atoms with Gasteiger partial charge in [-0.15, -0.1) is 0 Å². The maximum Gasteiger partial charge on any atom is 0.119 e. The molecule has 100 valence electrons. The number of ether oxygens (including phenoxy) is 1. The van der Waals surface area contributed by atoms with Gasteiger partial charge in [-0.3, -0.25) is 0 Å². The molecule has 0 aromatic heterocycles. The summed E-state index contributed by atoms with van der Waals surface area (Å²) in [5.74, 6) is 0.834. The average Bonchev–Trinajstić information content (AvgIpc) is 2.46. The molecule has 0 spiro atoms. The summed E-state index contributed by atoms with van der Waals surface area (Å²) in [6.07, 6.45) is -0.489. The zero-order valence-corrected chi connectivity index (χ0v) is 11.5. The highest BCUT2D eigenvalue weighted by Crippen LogP contribution is 2.31. The van der Waals surface area contributed by atoms with Crippen LogP contribution in [0.1, 0.15) is 18.6 Å². The number of para-hydroxylation sites is 1. The Balaban J connectivity index is 2.35. The van der Waals surface area contributed by atoms with Gasteiger partial charge in [0.1, 0.15) is 5.75 Å². The van der Waals surface area contributed by atoms with E-state index in [0.29, 0.717) is 0 Å². The number of anilines is 2. The zero-order chi connectivity index (χ0) is 13.8. The number of hydrogen-bond acceptors (Lipinski definition) is 3. The Morgan fingerprint density at radius 2 is 1.68 bits per heavy atom. The van der Waals surface area contributed by atoms with Crippen LogP contribution in [0, 0.1) is 0 Å². The molecule has 0 bridgehead atoms. The molecule has 1 atom stereocenters. The van der Waals surface area contributed by atoms with Crippen LogP contribution in [-0.4, -0.2) is 19.3 Å². The van der Waals surface area contributed by atoms with Gasteiger partial charge in [-0.2, -0.15) is 0 Å². The van der Waals surface area contributed by atoms with Crippen molar-refractivity contribution in [3.8, 4) is 5.75 Å². The second kappa shape index (κ2) is 5.76. The fourth-order valence-electron chi connectivity index (χ4n) is 2.09. The van der Waals surface area contributed by atoms with Gasteiger partial charge >= 0.3 is 0 Å². The topological polar surface area (TPSA) is 32.7 Å². The molecule has 0 heterocycles. The first-order valence-corrected chi connectivity index (χ1v) is 6.28. The maximum absolute atomic E-state index is 9.84. The summed E-state index contributed by atoms with van der Waals surface area (Å²) in [6.45, 7) is 1.78. The minimum absolute atomic E-state index is 0.489. The van der Waals surface area contributed by atoms with E-state index >= 15 is 0 Å². The molecule has 2 aromatic carbocycles. The van der Waals surface area contributed by atoms with Crippen molar-refractivity contribution < 1.29 is 9.84 Å². The summed E-state index contributed by atoms with van der Waals surface area (Å²) in [7, 11) is 3.64. The third-order valence-corrected chi connectivity index (χ3v) is 3.21. The van der Waals surface area contributed by atoms with E-state index in [9.17, 15) is 5.11 Å². The molecule has 0 aliphatic carbocycles. The molecular formula is C16H19NO2. The lowest BCUT2D eigenvalue weighted by Crippen LogP contribution is -2.12. The van der Waals surface area contributed by atoms with Crippen molar-refractivity contribution in [2.45, 2.75) is 13.0 Å². The van der Waals surface area contributed by atoms with Gasteiger partial charge in [0.2, 0.25) is 0 Å². The van der Waals surface area contributed by atoms with Crippen LogP contribution in [0.15, 0.2) is 48.5 Å². The third-order valence-electron chi connectivity index (χ3n) is 3.21. The van der Waals surface area contributed by atoms with Crippen LogP contribution in [-0.2, 0) is 0 Å². The number of rotatable bonds is 4. The van der Waals surface area contributed by atoms with Gasteiger partial charge in [-0.05, 0) is 37.3 Å². The number of hydrogen-bond donors (Lipinski definition) is 1. The Morgan fingerprint density at radius 1 is 1.05 bits per heavy atom. The minimum atomic E-state index is -0.489. The molecule has 1 N–H and O–H groups in total. The fourth-order valence-corrected chi connectivity index (χ4v) is 2.09. The van der Waals surface area contributed by atoms with E-state index in [1.807, 2.05) is 55.6 Å². The monoisotopic (exact) mass is 257 g/mol. The number of benzene rings is 2. The molecule has 3 heteroatoms. The zero-order valence-electron chi connectivity index (χ0n) is 11.5. The van der Waals surface area contributed by atoms with Gasteiger partial charge in [-0.1, -0.05) is 18.2 Å². The first-order chi connectivity index (χ1) is 9.13. The van der Waals surface area contributed by atoms with Crippen LogP contribution in [0.25, 0.3) is 0 Å². The Morgan fingerprint density at radius 3 is 2.26 bits per heavy atom. The van der Waals surface area contributed by atoms with E-state index in [1.165, 1.54) is 0 Å². The summed E-state index contributed by atoms with van der Waals surface area (Å²) in [4.78, 5) is 2.06. The van der Waals surface area contributed by atoms with Crippen LogP contribution in [0.4, 0.5) is 11.4 Å². The summed E-state index contributed by atoms with van der Waals surface area (Å²) in [5, 5.41) is 9.84. The van der Waals surface area contributed by atoms with Crippen LogP contribution < -0.4 is 9.64 Å². The SMILES string of the molecule is COc1ccc(N(C)c2ccccc2[C@@H](C)O)cc1. The molecule has 0 aliphatic heterocycles. The minimum Gasteiger partial charge on any atom is -0.497 e. The Labute approximate surface area is 114 Å². The second-order valence-electron chi connectivity index (χ2n) is 4.49. The number of nitrogens with zero attached hydrogens (tertiary/aromatic N) is 1. The molecule has 0 radical (unpaired) electrons. The molecule has 0 saturated carbocycles. The molecule has 19 heavy (non-hydrogen) atoms. The quantitative estimate of drug-likeness (QED) is 0.909. The fraction of sp³-hybridized carbons (Fsp3) is 0.250. The van der Waals surface area contributed by atoms with E-state index in [1.54, 1.807) is 14.0 Å². The Hall–Kier alpha value is -2.00. The van der Waals surface area contributed by atoms with Crippen LogP contribution in [0.5, 0.6) is 5.75 Å². The lowest BCUT2D eigenvalue weighted by molar-refractivity contribution is 0.200. The van der Waals surface area contributed by atoms with Crippen molar-refractivity contribution in [2.75, 3.05) is 19.1 Å². The highest BCUT2D eigenvalue weighted by atomic mass is 16.5. The number of aliphatic hydroxyl groups excluding tert-OH is 1. The van der Waals surface area contributed by atoms with E-state index < -0.39 is 6.10 Å². The molecule has 3 nitrogen and oxygen atoms in total. The normalized spacial score (nSPS) is 12.0. The number of aliphatic hydroxyl groups is 1. The summed E-state index contributed by atoms with van der Waals surface area (Å²) in [6, 6.07) is 15.7. The van der Waals surface area contributed by atoms with Gasteiger partial charge in [-0.25, -0.2) is 0 Å². The highest BCUT2D eigenvalue weighted by molar-refractivity contribution is 5.66. The van der Waals surface area contributed by atoms with Crippen molar-refractivity contribution in [1.82, 2.24) is 0 Å². The van der Waals surface area contributed by atoms with Crippen molar-refractivity contribution in [1.29, 1.82) is 0 Å². The van der Waals surface area contributed by atoms with Gasteiger partial charge in [0.25, 0.3) is 0 Å². The van der Waals surface area contributed by atoms with Gasteiger partial charge in [0.15, 0.2) is 0 Å². The molecule has 0 aliphatic rings. The summed E-state index contributed by atoms with van der Waals surface area (Å²) < 4.78 is 5.16. The van der Waals surface area contributed by atoms with Gasteiger partial charge < -0.3 is 14.7 Å². The Bertz CT molecular complexity index is 535. The smallest absolute Gasteiger partial charge is 0.119 e. The van der Waals surface area contributed by atoms with Crippen molar-refractivity contribution >= 4 is 11.4 Å². The second-order valence-corrected chi connectivity index (χ2v) is 4.49.